The molecular formula is C23H28N2O6S2. The van der Waals surface area contributed by atoms with Crippen LogP contribution in [0.5, 0.6) is 5.75 Å². The number of hydrogen-bond acceptors (Lipinski definition) is 7. The molecule has 10 heteroatoms. The van der Waals surface area contributed by atoms with Crippen molar-refractivity contribution in [1.29, 1.82) is 0 Å². The first kappa shape index (κ1) is 25.1. The summed E-state index contributed by atoms with van der Waals surface area (Å²) >= 11 is 1.56. The van der Waals surface area contributed by atoms with Crippen LogP contribution >= 0.6 is 11.8 Å². The molecule has 2 aromatic carbocycles. The first-order valence-electron chi connectivity index (χ1n) is 10.7. The predicted molar refractivity (Wildman–Crippen MR) is 126 cm³/mol. The Labute approximate surface area is 198 Å². The molecule has 1 aliphatic heterocycles. The fourth-order valence-corrected chi connectivity index (χ4v) is 6.18. The highest BCUT2D eigenvalue weighted by atomic mass is 32.2. The standard InChI is InChI=1S/C23H28N2O6S2/c1-3-30-22(27)16-31-19-10-8-18(9-11-19)12-13-24-33(28,29)21-7-5-4-6-20(21)23-25(17(2)26)14-15-32-23/h4-11,23-24H,3,12-16H2,1-2H3. The maximum absolute atomic E-state index is 13.0. The first-order chi connectivity index (χ1) is 15.8. The van der Waals surface area contributed by atoms with Crippen LogP contribution in [0.4, 0.5) is 0 Å². The van der Waals surface area contributed by atoms with Gasteiger partial charge < -0.3 is 14.4 Å². The van der Waals surface area contributed by atoms with Gasteiger partial charge in [0.05, 0.1) is 11.5 Å². The Bertz CT molecular complexity index is 1070. The highest BCUT2D eigenvalue weighted by molar-refractivity contribution is 7.99. The highest BCUT2D eigenvalue weighted by Crippen LogP contribution is 2.40. The zero-order valence-electron chi connectivity index (χ0n) is 18.7. The molecule has 1 saturated heterocycles. The van der Waals surface area contributed by atoms with Crippen molar-refractivity contribution in [2.75, 3.05) is 32.1 Å². The highest BCUT2D eigenvalue weighted by Gasteiger charge is 2.32. The molecule has 8 nitrogen and oxygen atoms in total. The second-order valence-corrected chi connectivity index (χ2v) is 10.3. The minimum absolute atomic E-state index is 0.0696. The Balaban J connectivity index is 1.60. The molecule has 1 amide bonds. The molecule has 0 radical (unpaired) electrons. The lowest BCUT2D eigenvalue weighted by Gasteiger charge is -2.24. The molecule has 0 aliphatic carbocycles. The number of benzene rings is 2. The molecule has 1 atom stereocenters. The Hall–Kier alpha value is -2.56. The van der Waals surface area contributed by atoms with Crippen LogP contribution < -0.4 is 9.46 Å². The molecule has 2 aromatic rings. The summed E-state index contributed by atoms with van der Waals surface area (Å²) in [7, 11) is -3.76. The summed E-state index contributed by atoms with van der Waals surface area (Å²) in [5, 5.41) is -0.308. The molecule has 0 spiro atoms. The van der Waals surface area contributed by atoms with E-state index in [0.29, 0.717) is 30.9 Å². The smallest absolute Gasteiger partial charge is 0.344 e. The van der Waals surface area contributed by atoms with E-state index in [9.17, 15) is 18.0 Å². The van der Waals surface area contributed by atoms with E-state index in [1.807, 2.05) is 12.1 Å². The minimum Gasteiger partial charge on any atom is -0.482 e. The number of carbonyl (C=O) groups is 2. The number of ether oxygens (including phenoxy) is 2. The molecule has 1 heterocycles. The van der Waals surface area contributed by atoms with Crippen molar-refractivity contribution in [3.05, 3.63) is 59.7 Å². The number of carbonyl (C=O) groups excluding carboxylic acids is 2. The van der Waals surface area contributed by atoms with E-state index in [4.69, 9.17) is 9.47 Å². The van der Waals surface area contributed by atoms with E-state index in [2.05, 4.69) is 4.72 Å². The third-order valence-electron chi connectivity index (χ3n) is 5.06. The number of sulfonamides is 1. The monoisotopic (exact) mass is 492 g/mol. The number of nitrogens with one attached hydrogen (secondary N) is 1. The van der Waals surface area contributed by atoms with Gasteiger partial charge in [-0.25, -0.2) is 17.9 Å². The lowest BCUT2D eigenvalue weighted by Crippen LogP contribution is -2.31. The molecule has 1 N–H and O–H groups in total. The molecule has 1 unspecified atom stereocenters. The molecule has 3 rings (SSSR count). The Kier molecular flexibility index (Phi) is 8.76. The molecule has 0 aromatic heterocycles. The molecular weight excluding hydrogens is 464 g/mol. The molecule has 1 aliphatic rings. The molecule has 1 fully saturated rings. The zero-order valence-corrected chi connectivity index (χ0v) is 20.3. The van der Waals surface area contributed by atoms with Crippen molar-refractivity contribution < 1.29 is 27.5 Å². The SMILES string of the molecule is CCOC(=O)COc1ccc(CCNS(=O)(=O)c2ccccc2C2SCCN2C(C)=O)cc1. The van der Waals surface area contributed by atoms with Crippen molar-refractivity contribution in [2.45, 2.75) is 30.5 Å². The van der Waals surface area contributed by atoms with Crippen LogP contribution in [0.2, 0.25) is 0 Å². The second-order valence-electron chi connectivity index (χ2n) is 7.36. The van der Waals surface area contributed by atoms with Gasteiger partial charge in [-0.05, 0) is 37.1 Å². The number of rotatable bonds is 10. The Morgan fingerprint density at radius 2 is 1.88 bits per heavy atom. The Morgan fingerprint density at radius 1 is 1.15 bits per heavy atom. The van der Waals surface area contributed by atoms with Crippen LogP contribution in [0.25, 0.3) is 0 Å². The van der Waals surface area contributed by atoms with Crippen molar-refractivity contribution in [1.82, 2.24) is 9.62 Å². The normalized spacial score (nSPS) is 15.9. The molecule has 0 bridgehead atoms. The van der Waals surface area contributed by atoms with Crippen LogP contribution in [0.15, 0.2) is 53.4 Å². The third-order valence-corrected chi connectivity index (χ3v) is 7.84. The van der Waals surface area contributed by atoms with Gasteiger partial charge in [0.15, 0.2) is 6.61 Å². The zero-order chi connectivity index (χ0) is 23.8. The second kappa shape index (κ2) is 11.5. The average molecular weight is 493 g/mol. The van der Waals surface area contributed by atoms with E-state index in [1.54, 1.807) is 60.0 Å². The van der Waals surface area contributed by atoms with Gasteiger partial charge in [0.25, 0.3) is 0 Å². The van der Waals surface area contributed by atoms with Crippen LogP contribution in [0.3, 0.4) is 0 Å². The van der Waals surface area contributed by atoms with Gasteiger partial charge in [-0.15, -0.1) is 11.8 Å². The van der Waals surface area contributed by atoms with Crippen molar-refractivity contribution in [3.63, 3.8) is 0 Å². The summed E-state index contributed by atoms with van der Waals surface area (Å²) in [6, 6.07) is 13.9. The maximum Gasteiger partial charge on any atom is 0.344 e. The average Bonchev–Trinajstić information content (AvgIpc) is 3.29. The van der Waals surface area contributed by atoms with Gasteiger partial charge in [-0.3, -0.25) is 4.79 Å². The summed E-state index contributed by atoms with van der Waals surface area (Å²) in [5.74, 6) is 0.801. The molecule has 178 valence electrons. The van der Waals surface area contributed by atoms with Gasteiger partial charge in [-0.2, -0.15) is 0 Å². The number of hydrogen-bond donors (Lipinski definition) is 1. The third kappa shape index (κ3) is 6.72. The lowest BCUT2D eigenvalue weighted by molar-refractivity contribution is -0.145. The summed E-state index contributed by atoms with van der Waals surface area (Å²) in [5.41, 5.74) is 1.54. The first-order valence-corrected chi connectivity index (χ1v) is 13.2. The van der Waals surface area contributed by atoms with Gasteiger partial charge in [0.2, 0.25) is 15.9 Å². The summed E-state index contributed by atoms with van der Waals surface area (Å²) in [6.45, 7) is 4.19. The topological polar surface area (TPSA) is 102 Å². The van der Waals surface area contributed by atoms with Crippen LogP contribution in [0.1, 0.15) is 30.3 Å². The number of nitrogens with zero attached hydrogens (tertiary/aromatic N) is 1. The molecule has 0 saturated carbocycles. The van der Waals surface area contributed by atoms with Crippen molar-refractivity contribution in [2.24, 2.45) is 0 Å². The predicted octanol–water partition coefficient (Wildman–Crippen LogP) is 2.74. The van der Waals surface area contributed by atoms with E-state index in [-0.39, 0.29) is 29.3 Å². The van der Waals surface area contributed by atoms with E-state index >= 15 is 0 Å². The summed E-state index contributed by atoms with van der Waals surface area (Å²) in [4.78, 5) is 25.2. The Morgan fingerprint density at radius 3 is 2.58 bits per heavy atom. The van der Waals surface area contributed by atoms with E-state index in [0.717, 1.165) is 11.3 Å². The lowest BCUT2D eigenvalue weighted by atomic mass is 10.1. The number of esters is 1. The summed E-state index contributed by atoms with van der Waals surface area (Å²) in [6.07, 6.45) is 0.483. The van der Waals surface area contributed by atoms with E-state index in [1.165, 1.54) is 6.92 Å². The number of amides is 1. The van der Waals surface area contributed by atoms with Crippen LogP contribution in [-0.4, -0.2) is 57.3 Å². The van der Waals surface area contributed by atoms with Gasteiger partial charge in [0.1, 0.15) is 11.1 Å². The quantitative estimate of drug-likeness (QED) is 0.509. The van der Waals surface area contributed by atoms with Crippen LogP contribution in [0, 0.1) is 0 Å². The number of thioether (sulfide) groups is 1. The largest absolute Gasteiger partial charge is 0.482 e. The minimum atomic E-state index is -3.76. The van der Waals surface area contributed by atoms with Gasteiger partial charge in [0, 0.05) is 31.3 Å². The maximum atomic E-state index is 13.0. The van der Waals surface area contributed by atoms with E-state index < -0.39 is 16.0 Å². The fourth-order valence-electron chi connectivity index (χ4n) is 3.48. The molecule has 33 heavy (non-hydrogen) atoms. The van der Waals surface area contributed by atoms with Gasteiger partial charge >= 0.3 is 5.97 Å². The van der Waals surface area contributed by atoms with Crippen molar-refractivity contribution >= 4 is 33.7 Å². The van der Waals surface area contributed by atoms with Crippen LogP contribution in [-0.2, 0) is 30.8 Å². The van der Waals surface area contributed by atoms with Gasteiger partial charge in [-0.1, -0.05) is 30.3 Å². The summed E-state index contributed by atoms with van der Waals surface area (Å²) < 4.78 is 38.9. The fraction of sp³-hybridized carbons (Fsp3) is 0.391. The van der Waals surface area contributed by atoms with Crippen molar-refractivity contribution in [3.8, 4) is 5.75 Å².